The molecule has 0 bridgehead atoms. The number of fused-ring (bicyclic) bond motifs is 6. The van der Waals surface area contributed by atoms with Gasteiger partial charge in [-0.25, -0.2) is 9.59 Å². The molecule has 6 rings (SSSR count). The van der Waals surface area contributed by atoms with Crippen LogP contribution < -0.4 is 20.7 Å². The predicted octanol–water partition coefficient (Wildman–Crippen LogP) is 3.12. The minimum atomic E-state index is -1.36. The van der Waals surface area contributed by atoms with Gasteiger partial charge in [0.2, 0.25) is 0 Å². The van der Waals surface area contributed by atoms with Gasteiger partial charge in [0.25, 0.3) is 5.91 Å². The molecular formula is C30H26N6O8S. The van der Waals surface area contributed by atoms with Crippen LogP contribution in [0.4, 0.5) is 5.69 Å². The van der Waals surface area contributed by atoms with Crippen LogP contribution in [0.2, 0.25) is 0 Å². The molecule has 1 atom stereocenters. The van der Waals surface area contributed by atoms with Gasteiger partial charge in [0.1, 0.15) is 29.0 Å². The number of nitrogens with one attached hydrogen (secondary N) is 4. The summed E-state index contributed by atoms with van der Waals surface area (Å²) in [6.45, 7) is 0.429. The Morgan fingerprint density at radius 2 is 1.67 bits per heavy atom. The Kier molecular flexibility index (Phi) is 7.68. The van der Waals surface area contributed by atoms with Crippen LogP contribution in [-0.4, -0.2) is 66.3 Å². The van der Waals surface area contributed by atoms with E-state index in [9.17, 15) is 29.7 Å². The number of benzene rings is 3. The lowest BCUT2D eigenvalue weighted by atomic mass is 9.77. The quantitative estimate of drug-likeness (QED) is 0.0807. The van der Waals surface area contributed by atoms with Gasteiger partial charge in [0.05, 0.1) is 11.8 Å². The Balaban J connectivity index is 1.11. The fourth-order valence-corrected chi connectivity index (χ4v) is 5.65. The van der Waals surface area contributed by atoms with Gasteiger partial charge in [0, 0.05) is 41.1 Å². The number of aromatic amines is 1. The first-order valence-electron chi connectivity index (χ1n) is 13.8. The predicted molar refractivity (Wildman–Crippen MR) is 161 cm³/mol. The molecule has 3 aromatic carbocycles. The van der Waals surface area contributed by atoms with Gasteiger partial charge in [-0.2, -0.15) is 15.4 Å². The Morgan fingerprint density at radius 1 is 0.978 bits per heavy atom. The van der Waals surface area contributed by atoms with Crippen molar-refractivity contribution in [3.63, 3.8) is 0 Å². The van der Waals surface area contributed by atoms with Crippen molar-refractivity contribution in [1.29, 1.82) is 0 Å². The molecule has 0 aliphatic carbocycles. The summed E-state index contributed by atoms with van der Waals surface area (Å²) in [4.78, 5) is 37.0. The summed E-state index contributed by atoms with van der Waals surface area (Å²) in [6, 6.07) is 13.1. The molecule has 4 aromatic rings. The normalized spacial score (nSPS) is 14.3. The third kappa shape index (κ3) is 5.56. The van der Waals surface area contributed by atoms with Crippen LogP contribution >= 0.6 is 12.2 Å². The van der Waals surface area contributed by atoms with Gasteiger partial charge >= 0.3 is 11.9 Å². The third-order valence-corrected chi connectivity index (χ3v) is 7.73. The number of nitrogens with zero attached hydrogens (tertiary/aromatic N) is 2. The number of rotatable bonds is 9. The average molecular weight is 631 g/mol. The van der Waals surface area contributed by atoms with E-state index in [-0.39, 0.29) is 40.2 Å². The molecule has 0 saturated carbocycles. The van der Waals surface area contributed by atoms with Crippen molar-refractivity contribution in [2.24, 2.45) is 0 Å². The molecule has 45 heavy (non-hydrogen) atoms. The van der Waals surface area contributed by atoms with Crippen molar-refractivity contribution in [3.8, 4) is 23.0 Å². The number of H-pyrrole nitrogens is 1. The number of amides is 1. The number of phenols is 2. The number of carbonyl (C=O) groups is 3. The van der Waals surface area contributed by atoms with E-state index in [1.165, 1.54) is 30.5 Å². The van der Waals surface area contributed by atoms with Gasteiger partial charge in [-0.1, -0.05) is 6.07 Å². The maximum atomic E-state index is 13.3. The van der Waals surface area contributed by atoms with Crippen molar-refractivity contribution in [2.45, 2.75) is 30.9 Å². The van der Waals surface area contributed by atoms with E-state index >= 15 is 0 Å². The summed E-state index contributed by atoms with van der Waals surface area (Å²) >= 11 is 5.42. The van der Waals surface area contributed by atoms with E-state index < -0.39 is 29.5 Å². The number of phenolic OH excluding ortho intramolecular Hbond substituents is 2. The molecule has 7 N–H and O–H groups in total. The number of carboxylic acids is 1. The molecule has 0 fully saturated rings. The van der Waals surface area contributed by atoms with Crippen molar-refractivity contribution in [2.75, 3.05) is 11.9 Å². The zero-order chi connectivity index (χ0) is 31.7. The van der Waals surface area contributed by atoms with Crippen molar-refractivity contribution in [1.82, 2.24) is 26.0 Å². The van der Waals surface area contributed by atoms with Crippen LogP contribution in [0, 0.1) is 0 Å². The smallest absolute Gasteiger partial charge is 0.340 e. The minimum Gasteiger partial charge on any atom is -0.508 e. The third-order valence-electron chi connectivity index (χ3n) is 7.49. The van der Waals surface area contributed by atoms with Crippen LogP contribution in [-0.2, 0) is 15.1 Å². The second-order valence-corrected chi connectivity index (χ2v) is 10.8. The largest absolute Gasteiger partial charge is 0.508 e. The number of hydrogen-bond acceptors (Lipinski definition) is 10. The van der Waals surface area contributed by atoms with E-state index in [4.69, 9.17) is 21.7 Å². The molecule has 3 heterocycles. The van der Waals surface area contributed by atoms with Gasteiger partial charge < -0.3 is 40.7 Å². The second-order valence-electron chi connectivity index (χ2n) is 10.4. The highest BCUT2D eigenvalue weighted by Crippen LogP contribution is 2.57. The van der Waals surface area contributed by atoms with Crippen LogP contribution in [0.25, 0.3) is 0 Å². The van der Waals surface area contributed by atoms with Gasteiger partial charge in [-0.05, 0) is 67.9 Å². The standard InChI is InChI=1S/C30H26N6O8S/c37-16-5-8-20-24(12-16)43-25-13-17(38)6-9-21(25)30(20)19-7-4-15(11-18(19)28(42)44-30)33-29(45)31-10-2-1-3-22(27(40)41)34-26(39)23-14-32-36-35-23/h4-9,11-14,22,37-38H,1-3,10H2,(H,34,39)(H,40,41)(H2,31,33,45)(H,32,35,36)/t22-/m0/s1. The summed E-state index contributed by atoms with van der Waals surface area (Å²) < 4.78 is 12.1. The van der Waals surface area contributed by atoms with E-state index in [0.717, 1.165) is 0 Å². The molecule has 0 unspecified atom stereocenters. The van der Waals surface area contributed by atoms with Crippen molar-refractivity contribution in [3.05, 3.63) is 88.7 Å². The molecule has 0 saturated heterocycles. The number of carbonyl (C=O) groups excluding carboxylic acids is 2. The Labute approximate surface area is 260 Å². The summed E-state index contributed by atoms with van der Waals surface area (Å²) in [5, 5.41) is 47.9. The molecular weight excluding hydrogens is 604 g/mol. The number of carboxylic acid groups (broad SMARTS) is 1. The molecule has 1 spiro atoms. The number of thiocarbonyl (C=S) groups is 1. The zero-order valence-corrected chi connectivity index (χ0v) is 24.2. The number of anilines is 1. The van der Waals surface area contributed by atoms with Crippen molar-refractivity contribution >= 4 is 40.9 Å². The van der Waals surface area contributed by atoms with E-state index in [2.05, 4.69) is 31.4 Å². The molecule has 2 aliphatic rings. The lowest BCUT2D eigenvalue weighted by Gasteiger charge is -2.36. The Morgan fingerprint density at radius 3 is 2.31 bits per heavy atom. The topological polar surface area (TPSA) is 208 Å². The number of unbranched alkanes of at least 4 members (excludes halogenated alkanes) is 1. The first-order valence-corrected chi connectivity index (χ1v) is 14.2. The molecule has 15 heteroatoms. The van der Waals surface area contributed by atoms with Crippen LogP contribution in [0.5, 0.6) is 23.0 Å². The van der Waals surface area contributed by atoms with Crippen molar-refractivity contribution < 1.29 is 39.2 Å². The van der Waals surface area contributed by atoms with E-state index in [0.29, 0.717) is 47.3 Å². The number of hydrogen-bond donors (Lipinski definition) is 7. The summed E-state index contributed by atoms with van der Waals surface area (Å²) in [5.74, 6) is -1.86. The van der Waals surface area contributed by atoms with E-state index in [1.54, 1.807) is 30.3 Å². The summed E-state index contributed by atoms with van der Waals surface area (Å²) in [7, 11) is 0. The highest BCUT2D eigenvalue weighted by atomic mass is 32.1. The summed E-state index contributed by atoms with van der Waals surface area (Å²) in [5.41, 5.74) is 1.06. The van der Waals surface area contributed by atoms with E-state index in [1.807, 2.05) is 0 Å². The number of esters is 1. The van der Waals surface area contributed by atoms with Gasteiger partial charge in [0.15, 0.2) is 16.4 Å². The fourth-order valence-electron chi connectivity index (χ4n) is 5.43. The number of aromatic nitrogens is 3. The number of aliphatic carboxylic acids is 1. The molecule has 230 valence electrons. The first kappa shape index (κ1) is 29.4. The first-order chi connectivity index (χ1) is 21.7. The van der Waals surface area contributed by atoms with Crippen LogP contribution in [0.3, 0.4) is 0 Å². The molecule has 1 amide bonds. The molecule has 2 aliphatic heterocycles. The Bertz CT molecular complexity index is 1780. The Hall–Kier alpha value is -5.70. The lowest BCUT2D eigenvalue weighted by Crippen LogP contribution is -2.41. The van der Waals surface area contributed by atoms with Gasteiger partial charge in [-0.3, -0.25) is 4.79 Å². The zero-order valence-electron chi connectivity index (χ0n) is 23.4. The average Bonchev–Trinajstić information content (AvgIpc) is 3.64. The maximum absolute atomic E-state index is 13.3. The highest BCUT2D eigenvalue weighted by Gasteiger charge is 2.53. The molecule has 0 radical (unpaired) electrons. The van der Waals surface area contributed by atoms with Crippen LogP contribution in [0.15, 0.2) is 60.8 Å². The highest BCUT2D eigenvalue weighted by molar-refractivity contribution is 7.80. The SMILES string of the molecule is O=C(N[C@@H](CCCCNC(=S)Nc1ccc2c(c1)C(=O)OC21c2ccc(O)cc2Oc2cc(O)ccc21)C(=O)O)c1cn[nH]n1. The minimum absolute atomic E-state index is 0.00251. The second kappa shape index (κ2) is 11.8. The lowest BCUT2D eigenvalue weighted by molar-refractivity contribution is -0.139. The maximum Gasteiger partial charge on any atom is 0.340 e. The molecule has 1 aromatic heterocycles. The van der Waals surface area contributed by atoms with Crippen LogP contribution in [0.1, 0.15) is 56.8 Å². The summed E-state index contributed by atoms with van der Waals surface area (Å²) in [6.07, 6.45) is 2.46. The molecule has 14 nitrogen and oxygen atoms in total. The monoisotopic (exact) mass is 630 g/mol. The number of ether oxygens (including phenoxy) is 2. The fraction of sp³-hybridized carbons (Fsp3) is 0.200. The van der Waals surface area contributed by atoms with Gasteiger partial charge in [-0.15, -0.1) is 0 Å². The number of aromatic hydroxyl groups is 2.